The number of hydrogen-bond donors (Lipinski definition) is 1. The number of carbonyl (C=O) groups is 1. The molecule has 0 atom stereocenters. The van der Waals surface area contributed by atoms with Gasteiger partial charge in [0.1, 0.15) is 0 Å². The predicted octanol–water partition coefficient (Wildman–Crippen LogP) is 1.12. The van der Waals surface area contributed by atoms with Crippen LogP contribution in [0.1, 0.15) is 41.7 Å². The number of anilines is 1. The van der Waals surface area contributed by atoms with Crippen LogP contribution in [0.2, 0.25) is 0 Å². The van der Waals surface area contributed by atoms with E-state index in [1.54, 1.807) is 13.3 Å². The maximum Gasteiger partial charge on any atom is 0.255 e. The van der Waals surface area contributed by atoms with Crippen molar-refractivity contribution in [2.75, 3.05) is 25.1 Å². The summed E-state index contributed by atoms with van der Waals surface area (Å²) >= 11 is 0. The average molecular weight is 276 g/mol. The zero-order valence-corrected chi connectivity index (χ0v) is 11.8. The maximum atomic E-state index is 12.2. The SMILES string of the molecule is COCc1nc(N2CCCC2)ncc1C(=O)NC1CC1. The molecule has 2 aliphatic rings. The molecular weight excluding hydrogens is 256 g/mol. The van der Waals surface area contributed by atoms with Crippen LogP contribution in [0.4, 0.5) is 5.95 Å². The molecule has 0 radical (unpaired) electrons. The number of nitrogens with one attached hydrogen (secondary N) is 1. The minimum absolute atomic E-state index is 0.0903. The maximum absolute atomic E-state index is 12.2. The van der Waals surface area contributed by atoms with Gasteiger partial charge in [0.2, 0.25) is 5.95 Å². The first-order chi connectivity index (χ1) is 9.78. The van der Waals surface area contributed by atoms with E-state index >= 15 is 0 Å². The number of aromatic nitrogens is 2. The standard InChI is InChI=1S/C14H20N4O2/c1-20-9-12-11(13(19)16-10-4-5-10)8-15-14(17-12)18-6-2-3-7-18/h8,10H,2-7,9H2,1H3,(H,16,19). The monoisotopic (exact) mass is 276 g/mol. The highest BCUT2D eigenvalue weighted by Gasteiger charge is 2.26. The van der Waals surface area contributed by atoms with Gasteiger partial charge >= 0.3 is 0 Å². The second kappa shape index (κ2) is 5.75. The van der Waals surface area contributed by atoms with Crippen LogP contribution in [0.5, 0.6) is 0 Å². The van der Waals surface area contributed by atoms with Gasteiger partial charge in [-0.1, -0.05) is 0 Å². The van der Waals surface area contributed by atoms with Crippen LogP contribution in [-0.4, -0.2) is 42.1 Å². The Labute approximate surface area is 118 Å². The first-order valence-electron chi connectivity index (χ1n) is 7.18. The number of nitrogens with zero attached hydrogens (tertiary/aromatic N) is 3. The lowest BCUT2D eigenvalue weighted by atomic mass is 10.2. The Morgan fingerprint density at radius 3 is 2.85 bits per heavy atom. The molecule has 1 amide bonds. The Morgan fingerprint density at radius 2 is 2.20 bits per heavy atom. The lowest BCUT2D eigenvalue weighted by Gasteiger charge is -2.17. The number of methoxy groups -OCH3 is 1. The molecule has 6 nitrogen and oxygen atoms in total. The summed E-state index contributed by atoms with van der Waals surface area (Å²) in [6.45, 7) is 2.30. The highest BCUT2D eigenvalue weighted by atomic mass is 16.5. The molecule has 0 aromatic carbocycles. The zero-order chi connectivity index (χ0) is 13.9. The summed E-state index contributed by atoms with van der Waals surface area (Å²) in [5.74, 6) is 0.616. The summed E-state index contributed by atoms with van der Waals surface area (Å²) in [5, 5.41) is 2.97. The van der Waals surface area contributed by atoms with Crippen LogP contribution in [0.15, 0.2) is 6.20 Å². The molecule has 2 fully saturated rings. The molecule has 1 aromatic heterocycles. The van der Waals surface area contributed by atoms with Gasteiger partial charge in [0, 0.05) is 32.4 Å². The van der Waals surface area contributed by atoms with Crippen LogP contribution in [0.3, 0.4) is 0 Å². The van der Waals surface area contributed by atoms with Gasteiger partial charge in [-0.05, 0) is 25.7 Å². The fraction of sp³-hybridized carbons (Fsp3) is 0.643. The van der Waals surface area contributed by atoms with Gasteiger partial charge in [0.25, 0.3) is 5.91 Å². The molecule has 1 N–H and O–H groups in total. The number of rotatable bonds is 5. The molecule has 2 heterocycles. The van der Waals surface area contributed by atoms with Crippen molar-refractivity contribution in [1.82, 2.24) is 15.3 Å². The smallest absolute Gasteiger partial charge is 0.255 e. The number of ether oxygens (including phenoxy) is 1. The van der Waals surface area contributed by atoms with E-state index in [0.717, 1.165) is 25.9 Å². The Morgan fingerprint density at radius 1 is 1.45 bits per heavy atom. The molecule has 3 rings (SSSR count). The highest BCUT2D eigenvalue weighted by Crippen LogP contribution is 2.21. The molecule has 0 spiro atoms. The van der Waals surface area contributed by atoms with Gasteiger partial charge < -0.3 is 15.0 Å². The van der Waals surface area contributed by atoms with Gasteiger partial charge in [-0.15, -0.1) is 0 Å². The van der Waals surface area contributed by atoms with Gasteiger partial charge in [0.05, 0.1) is 17.9 Å². The van der Waals surface area contributed by atoms with E-state index in [1.807, 2.05) is 0 Å². The Kier molecular flexibility index (Phi) is 3.82. The molecule has 0 unspecified atom stereocenters. The molecule has 1 aliphatic heterocycles. The summed E-state index contributed by atoms with van der Waals surface area (Å²) < 4.78 is 5.17. The molecule has 1 aliphatic carbocycles. The molecule has 108 valence electrons. The molecule has 1 saturated carbocycles. The molecule has 0 bridgehead atoms. The number of amides is 1. The minimum atomic E-state index is -0.0903. The third kappa shape index (κ3) is 2.90. The fourth-order valence-corrected chi connectivity index (χ4v) is 2.40. The first-order valence-corrected chi connectivity index (χ1v) is 7.18. The van der Waals surface area contributed by atoms with Gasteiger partial charge in [-0.3, -0.25) is 4.79 Å². The van der Waals surface area contributed by atoms with Crippen LogP contribution in [0, 0.1) is 0 Å². The van der Waals surface area contributed by atoms with E-state index in [0.29, 0.717) is 29.9 Å². The highest BCUT2D eigenvalue weighted by molar-refractivity contribution is 5.95. The van der Waals surface area contributed by atoms with Crippen LogP contribution >= 0.6 is 0 Å². The predicted molar refractivity (Wildman–Crippen MR) is 74.7 cm³/mol. The molecule has 20 heavy (non-hydrogen) atoms. The topological polar surface area (TPSA) is 67.3 Å². The van der Waals surface area contributed by atoms with Crippen molar-refractivity contribution < 1.29 is 9.53 Å². The van der Waals surface area contributed by atoms with E-state index in [2.05, 4.69) is 20.2 Å². The molecular formula is C14H20N4O2. The lowest BCUT2D eigenvalue weighted by Crippen LogP contribution is -2.28. The Bertz CT molecular complexity index is 496. The average Bonchev–Trinajstić information content (AvgIpc) is 3.09. The third-order valence-electron chi connectivity index (χ3n) is 3.68. The first kappa shape index (κ1) is 13.3. The second-order valence-corrected chi connectivity index (χ2v) is 5.41. The van der Waals surface area contributed by atoms with Crippen molar-refractivity contribution in [3.8, 4) is 0 Å². The van der Waals surface area contributed by atoms with E-state index in [-0.39, 0.29) is 5.91 Å². The van der Waals surface area contributed by atoms with Crippen molar-refractivity contribution in [2.45, 2.75) is 38.3 Å². The van der Waals surface area contributed by atoms with Crippen molar-refractivity contribution in [2.24, 2.45) is 0 Å². The zero-order valence-electron chi connectivity index (χ0n) is 11.8. The minimum Gasteiger partial charge on any atom is -0.378 e. The van der Waals surface area contributed by atoms with Crippen LogP contribution in [0.25, 0.3) is 0 Å². The molecule has 1 saturated heterocycles. The van der Waals surface area contributed by atoms with Crippen molar-refractivity contribution in [3.63, 3.8) is 0 Å². The normalized spacial score (nSPS) is 18.4. The summed E-state index contributed by atoms with van der Waals surface area (Å²) in [4.78, 5) is 23.2. The molecule has 1 aromatic rings. The number of hydrogen-bond acceptors (Lipinski definition) is 5. The van der Waals surface area contributed by atoms with Gasteiger partial charge in [-0.25, -0.2) is 9.97 Å². The van der Waals surface area contributed by atoms with E-state index in [4.69, 9.17) is 4.74 Å². The van der Waals surface area contributed by atoms with Crippen molar-refractivity contribution in [1.29, 1.82) is 0 Å². The van der Waals surface area contributed by atoms with E-state index in [9.17, 15) is 4.79 Å². The van der Waals surface area contributed by atoms with Crippen molar-refractivity contribution in [3.05, 3.63) is 17.5 Å². The van der Waals surface area contributed by atoms with Crippen molar-refractivity contribution >= 4 is 11.9 Å². The summed E-state index contributed by atoms with van der Waals surface area (Å²) in [7, 11) is 1.61. The fourth-order valence-electron chi connectivity index (χ4n) is 2.40. The van der Waals surface area contributed by atoms with Crippen LogP contribution < -0.4 is 10.2 Å². The molecule has 6 heteroatoms. The second-order valence-electron chi connectivity index (χ2n) is 5.41. The summed E-state index contributed by atoms with van der Waals surface area (Å²) in [5.41, 5.74) is 1.20. The van der Waals surface area contributed by atoms with Gasteiger partial charge in [-0.2, -0.15) is 0 Å². The lowest BCUT2D eigenvalue weighted by molar-refractivity contribution is 0.0944. The van der Waals surface area contributed by atoms with E-state index < -0.39 is 0 Å². The van der Waals surface area contributed by atoms with E-state index in [1.165, 1.54) is 12.8 Å². The number of carbonyl (C=O) groups excluding carboxylic acids is 1. The third-order valence-corrected chi connectivity index (χ3v) is 3.68. The summed E-state index contributed by atoms with van der Waals surface area (Å²) in [6, 6.07) is 0.330. The largest absolute Gasteiger partial charge is 0.378 e. The van der Waals surface area contributed by atoms with Crippen LogP contribution in [-0.2, 0) is 11.3 Å². The van der Waals surface area contributed by atoms with Gasteiger partial charge in [0.15, 0.2) is 0 Å². The quantitative estimate of drug-likeness (QED) is 0.872. The Balaban J connectivity index is 1.82. The summed E-state index contributed by atoms with van der Waals surface area (Å²) in [6.07, 6.45) is 6.11. The Hall–Kier alpha value is -1.69.